The molecule has 0 radical (unpaired) electrons. The number of hydrogen-bond donors (Lipinski definition) is 0. The van der Waals surface area contributed by atoms with Gasteiger partial charge in [-0.1, -0.05) is 218 Å². The van der Waals surface area contributed by atoms with Crippen molar-refractivity contribution in [3.8, 4) is 66.8 Å². The predicted molar refractivity (Wildman–Crippen MR) is 251 cm³/mol. The molecule has 0 aliphatic carbocycles. The maximum absolute atomic E-state index is 2.44. The van der Waals surface area contributed by atoms with Crippen LogP contribution in [0.25, 0.3) is 77.5 Å². The number of nitrogens with zero attached hydrogens (tertiary/aromatic N) is 1. The van der Waals surface area contributed by atoms with Gasteiger partial charge in [-0.3, -0.25) is 0 Å². The molecule has 0 N–H and O–H groups in total. The van der Waals surface area contributed by atoms with E-state index in [9.17, 15) is 0 Å². The zero-order chi connectivity index (χ0) is 39.4. The summed E-state index contributed by atoms with van der Waals surface area (Å²) in [6.07, 6.45) is 0. The van der Waals surface area contributed by atoms with Gasteiger partial charge in [-0.15, -0.1) is 0 Å². The molecule has 0 atom stereocenters. The van der Waals surface area contributed by atoms with Gasteiger partial charge in [-0.25, -0.2) is 0 Å². The summed E-state index contributed by atoms with van der Waals surface area (Å²) in [7, 11) is 0. The lowest BCUT2D eigenvalue weighted by molar-refractivity contribution is 1.30. The molecule has 10 aromatic carbocycles. The summed E-state index contributed by atoms with van der Waals surface area (Å²) in [5.74, 6) is 0. The first-order chi connectivity index (χ1) is 29.3. The highest BCUT2D eigenvalue weighted by atomic mass is 15.1. The maximum Gasteiger partial charge on any atom is 0.0540 e. The molecule has 278 valence electrons. The van der Waals surface area contributed by atoms with E-state index in [-0.39, 0.29) is 0 Å². The first-order valence-corrected chi connectivity index (χ1v) is 20.3. The van der Waals surface area contributed by atoms with Crippen LogP contribution in [0.2, 0.25) is 0 Å². The number of anilines is 3. The molecule has 59 heavy (non-hydrogen) atoms. The minimum atomic E-state index is 1.09. The molecular weight excluding hydrogens is 711 g/mol. The highest BCUT2D eigenvalue weighted by Crippen LogP contribution is 2.47. The third-order valence-electron chi connectivity index (χ3n) is 11.3. The predicted octanol–water partition coefficient (Wildman–Crippen LogP) is 16.3. The average molecular weight is 752 g/mol. The highest BCUT2D eigenvalue weighted by molar-refractivity contribution is 6.03. The van der Waals surface area contributed by atoms with E-state index in [1.807, 2.05) is 0 Å². The van der Waals surface area contributed by atoms with Crippen LogP contribution in [0.3, 0.4) is 0 Å². The van der Waals surface area contributed by atoms with Crippen LogP contribution in [0.15, 0.2) is 249 Å². The monoisotopic (exact) mass is 751 g/mol. The van der Waals surface area contributed by atoms with Crippen molar-refractivity contribution < 1.29 is 0 Å². The maximum atomic E-state index is 2.44. The lowest BCUT2D eigenvalue weighted by atomic mass is 9.86. The molecule has 10 aromatic rings. The second kappa shape index (κ2) is 16.0. The van der Waals surface area contributed by atoms with Gasteiger partial charge < -0.3 is 4.90 Å². The van der Waals surface area contributed by atoms with Gasteiger partial charge in [0.2, 0.25) is 0 Å². The Morgan fingerprint density at radius 3 is 1.29 bits per heavy atom. The van der Waals surface area contributed by atoms with Gasteiger partial charge in [0.25, 0.3) is 0 Å². The van der Waals surface area contributed by atoms with Gasteiger partial charge in [0.15, 0.2) is 0 Å². The molecule has 0 spiro atoms. The second-order valence-electron chi connectivity index (χ2n) is 14.9. The topological polar surface area (TPSA) is 3.24 Å². The van der Waals surface area contributed by atoms with Gasteiger partial charge in [0, 0.05) is 16.6 Å². The number of hydrogen-bond acceptors (Lipinski definition) is 1. The molecule has 10 rings (SSSR count). The van der Waals surface area contributed by atoms with E-state index in [0.717, 1.165) is 22.6 Å². The zero-order valence-electron chi connectivity index (χ0n) is 32.6. The van der Waals surface area contributed by atoms with E-state index < -0.39 is 0 Å². The summed E-state index contributed by atoms with van der Waals surface area (Å²) >= 11 is 0. The highest BCUT2D eigenvalue weighted by Gasteiger charge is 2.22. The average Bonchev–Trinajstić information content (AvgIpc) is 3.33. The van der Waals surface area contributed by atoms with Crippen LogP contribution < -0.4 is 4.90 Å². The summed E-state index contributed by atoms with van der Waals surface area (Å²) in [6.45, 7) is 0. The van der Waals surface area contributed by atoms with E-state index in [0.29, 0.717) is 0 Å². The van der Waals surface area contributed by atoms with Crippen LogP contribution in [0.5, 0.6) is 0 Å². The van der Waals surface area contributed by atoms with Crippen molar-refractivity contribution in [2.24, 2.45) is 0 Å². The molecular formula is C58H41N. The first kappa shape index (κ1) is 35.7. The second-order valence-corrected chi connectivity index (χ2v) is 14.9. The summed E-state index contributed by atoms with van der Waals surface area (Å²) in [5.41, 5.74) is 17.6. The molecule has 1 heteroatoms. The summed E-state index contributed by atoms with van der Waals surface area (Å²) in [4.78, 5) is 2.44. The van der Waals surface area contributed by atoms with E-state index in [1.165, 1.54) is 72.0 Å². The molecule has 0 bridgehead atoms. The first-order valence-electron chi connectivity index (χ1n) is 20.3. The van der Waals surface area contributed by atoms with Gasteiger partial charge in [-0.2, -0.15) is 0 Å². The van der Waals surface area contributed by atoms with Crippen molar-refractivity contribution in [2.75, 3.05) is 4.90 Å². The van der Waals surface area contributed by atoms with Crippen molar-refractivity contribution in [1.29, 1.82) is 0 Å². The quantitative estimate of drug-likeness (QED) is 0.142. The molecule has 0 saturated heterocycles. The van der Waals surface area contributed by atoms with Gasteiger partial charge in [0.05, 0.1) is 11.4 Å². The van der Waals surface area contributed by atoms with Crippen LogP contribution >= 0.6 is 0 Å². The van der Waals surface area contributed by atoms with Crippen LogP contribution in [-0.2, 0) is 0 Å². The van der Waals surface area contributed by atoms with Crippen LogP contribution in [0, 0.1) is 0 Å². The fourth-order valence-corrected chi connectivity index (χ4v) is 8.40. The Morgan fingerprint density at radius 1 is 0.220 bits per heavy atom. The van der Waals surface area contributed by atoms with E-state index in [1.54, 1.807) is 0 Å². The normalized spacial score (nSPS) is 11.1. The van der Waals surface area contributed by atoms with E-state index >= 15 is 0 Å². The molecule has 0 amide bonds. The van der Waals surface area contributed by atoms with Crippen molar-refractivity contribution in [2.45, 2.75) is 0 Å². The molecule has 1 nitrogen and oxygen atoms in total. The smallest absolute Gasteiger partial charge is 0.0540 e. The van der Waals surface area contributed by atoms with Gasteiger partial charge >= 0.3 is 0 Å². The largest absolute Gasteiger partial charge is 0.309 e. The number of para-hydroxylation sites is 1. The minimum absolute atomic E-state index is 1.09. The van der Waals surface area contributed by atoms with Crippen LogP contribution in [-0.4, -0.2) is 0 Å². The van der Waals surface area contributed by atoms with E-state index in [2.05, 4.69) is 254 Å². The summed E-state index contributed by atoms with van der Waals surface area (Å²) in [6, 6.07) is 89.9. The van der Waals surface area contributed by atoms with Crippen molar-refractivity contribution >= 4 is 27.8 Å². The summed E-state index contributed by atoms with van der Waals surface area (Å²) < 4.78 is 0. The Hall–Kier alpha value is -7.74. The Morgan fingerprint density at radius 2 is 0.644 bits per heavy atom. The third kappa shape index (κ3) is 7.12. The molecule has 0 aliphatic rings. The Bertz CT molecular complexity index is 3000. The molecule has 0 fully saturated rings. The fraction of sp³-hybridized carbons (Fsp3) is 0. The van der Waals surface area contributed by atoms with Crippen molar-refractivity contribution in [1.82, 2.24) is 0 Å². The Balaban J connectivity index is 1.13. The zero-order valence-corrected chi connectivity index (χ0v) is 32.6. The number of rotatable bonds is 9. The minimum Gasteiger partial charge on any atom is -0.309 e. The van der Waals surface area contributed by atoms with Crippen LogP contribution in [0.4, 0.5) is 17.1 Å². The Labute approximate surface area is 346 Å². The summed E-state index contributed by atoms with van der Waals surface area (Å²) in [5, 5.41) is 2.40. The van der Waals surface area contributed by atoms with Gasteiger partial charge in [0.1, 0.15) is 0 Å². The SMILES string of the molecule is c1ccc(-c2ccc(-c3ccc(N(c4ccccc4-c4ccccc4-c4cc(-c5ccccc5)ccc4-c4ccccc4)c4cccc5ccccc45)cc3)cc2)cc1. The number of fused-ring (bicyclic) bond motifs is 1. The van der Waals surface area contributed by atoms with Crippen molar-refractivity contribution in [3.05, 3.63) is 249 Å². The lowest BCUT2D eigenvalue weighted by Gasteiger charge is -2.30. The molecule has 0 unspecified atom stereocenters. The fourth-order valence-electron chi connectivity index (χ4n) is 8.40. The lowest BCUT2D eigenvalue weighted by Crippen LogP contribution is -2.12. The third-order valence-corrected chi connectivity index (χ3v) is 11.3. The standard InChI is InChI=1S/C58H41N/c1-4-17-42(18-5-1)44-31-33-45(34-32-44)46-35-38-50(39-36-46)59(57-30-16-24-48-23-10-11-25-52(48)57)58-29-15-14-28-55(58)53-26-12-13-27-54(53)56-41-49(43-19-6-2-7-20-43)37-40-51(56)47-21-8-3-9-22-47/h1-41H. The molecule has 0 saturated carbocycles. The molecule has 0 aliphatic heterocycles. The van der Waals surface area contributed by atoms with E-state index in [4.69, 9.17) is 0 Å². The van der Waals surface area contributed by atoms with Crippen molar-refractivity contribution in [3.63, 3.8) is 0 Å². The molecule has 0 heterocycles. The number of benzene rings is 10. The Kier molecular flexibility index (Phi) is 9.68. The van der Waals surface area contributed by atoms with Crippen LogP contribution in [0.1, 0.15) is 0 Å². The molecule has 0 aromatic heterocycles. The van der Waals surface area contributed by atoms with Gasteiger partial charge in [-0.05, 0) is 96.9 Å².